The maximum Gasteiger partial charge on any atom is 0.235 e. The highest BCUT2D eigenvalue weighted by Crippen LogP contribution is 2.44. The molecule has 0 unspecified atom stereocenters. The van der Waals surface area contributed by atoms with E-state index >= 15 is 0 Å². The van der Waals surface area contributed by atoms with Gasteiger partial charge in [-0.25, -0.2) is 8.42 Å². The summed E-state index contributed by atoms with van der Waals surface area (Å²) in [6.45, 7) is 1.78. The van der Waals surface area contributed by atoms with E-state index in [4.69, 9.17) is 9.47 Å². The third-order valence-electron chi connectivity index (χ3n) is 5.37. The number of fused-ring (bicyclic) bond motifs is 2. The molecule has 1 aliphatic heterocycles. The highest BCUT2D eigenvalue weighted by Gasteiger charge is 2.37. The minimum Gasteiger partial charge on any atom is -0.468 e. The first-order valence-corrected chi connectivity index (χ1v) is 11.3. The van der Waals surface area contributed by atoms with Gasteiger partial charge in [-0.1, -0.05) is 18.2 Å². The number of nitriles is 1. The molecule has 0 radical (unpaired) electrons. The lowest BCUT2D eigenvalue weighted by atomic mass is 9.98. The second kappa shape index (κ2) is 7.98. The van der Waals surface area contributed by atoms with Crippen LogP contribution in [0.15, 0.2) is 54.6 Å². The Kier molecular flexibility index (Phi) is 5.37. The Hall–Kier alpha value is -3.08. The Bertz CT molecular complexity index is 1250. The fraction of sp³-hybridized carbons (Fsp3) is 0.261. The minimum absolute atomic E-state index is 0.0109. The number of hydrogen-bond acceptors (Lipinski definition) is 5. The lowest BCUT2D eigenvalue weighted by Gasteiger charge is -2.27. The number of hydrogen-bond donors (Lipinski definition) is 0. The number of nitrogens with zero attached hydrogens (tertiary/aromatic N) is 2. The highest BCUT2D eigenvalue weighted by atomic mass is 32.2. The van der Waals surface area contributed by atoms with Crippen molar-refractivity contribution in [2.75, 3.05) is 24.0 Å². The van der Waals surface area contributed by atoms with Crippen molar-refractivity contribution in [2.24, 2.45) is 0 Å². The maximum atomic E-state index is 13.0. The first kappa shape index (κ1) is 20.2. The smallest absolute Gasteiger partial charge is 0.235 e. The fourth-order valence-corrected chi connectivity index (χ4v) is 5.23. The van der Waals surface area contributed by atoms with Crippen LogP contribution in [0.1, 0.15) is 29.7 Å². The van der Waals surface area contributed by atoms with Gasteiger partial charge in [-0.05, 0) is 65.2 Å². The van der Waals surface area contributed by atoms with E-state index in [1.165, 1.54) is 4.31 Å². The normalized spacial score (nSPS) is 15.8. The Morgan fingerprint density at radius 2 is 1.90 bits per heavy atom. The summed E-state index contributed by atoms with van der Waals surface area (Å²) in [6.07, 6.45) is 0.544. The standard InChI is InChI=1S/C23H22N2O4S/c1-3-30(26,27)25-22-9-8-21(29-15-28-2)12-20(22)13-23(25)18-7-6-17-5-4-16(14-24)10-19(17)11-18/h4-12,23H,3,13,15H2,1-2H3/t23-/m1/s1. The van der Waals surface area contributed by atoms with Gasteiger partial charge in [0.15, 0.2) is 6.79 Å². The number of ether oxygens (including phenoxy) is 2. The van der Waals surface area contributed by atoms with Crippen LogP contribution in [0, 0.1) is 11.3 Å². The Balaban J connectivity index is 1.79. The van der Waals surface area contributed by atoms with Gasteiger partial charge in [0, 0.05) is 13.5 Å². The van der Waals surface area contributed by atoms with Crippen LogP contribution in [0.3, 0.4) is 0 Å². The van der Waals surface area contributed by atoms with Gasteiger partial charge in [-0.2, -0.15) is 5.26 Å². The van der Waals surface area contributed by atoms with E-state index in [2.05, 4.69) is 6.07 Å². The molecular formula is C23H22N2O4S. The number of methoxy groups -OCH3 is 1. The summed E-state index contributed by atoms with van der Waals surface area (Å²) >= 11 is 0. The summed E-state index contributed by atoms with van der Waals surface area (Å²) in [5, 5.41) is 11.1. The summed E-state index contributed by atoms with van der Waals surface area (Å²) in [6, 6.07) is 18.7. The molecule has 3 aromatic rings. The first-order valence-electron chi connectivity index (χ1n) is 9.67. The highest BCUT2D eigenvalue weighted by molar-refractivity contribution is 7.92. The molecule has 1 heterocycles. The van der Waals surface area contributed by atoms with Crippen molar-refractivity contribution in [2.45, 2.75) is 19.4 Å². The number of rotatable bonds is 6. The van der Waals surface area contributed by atoms with Crippen LogP contribution in [0.2, 0.25) is 0 Å². The number of benzene rings is 3. The van der Waals surface area contributed by atoms with Crippen LogP contribution in [0.4, 0.5) is 5.69 Å². The van der Waals surface area contributed by atoms with Crippen LogP contribution < -0.4 is 9.04 Å². The Labute approximate surface area is 176 Å². The monoisotopic (exact) mass is 422 g/mol. The number of sulfonamides is 1. The molecule has 0 aromatic heterocycles. The molecule has 6 nitrogen and oxygen atoms in total. The summed E-state index contributed by atoms with van der Waals surface area (Å²) < 4.78 is 38.0. The molecule has 0 saturated carbocycles. The fourth-order valence-electron chi connectivity index (χ4n) is 3.89. The van der Waals surface area contributed by atoms with Crippen LogP contribution in [-0.2, 0) is 21.2 Å². The summed E-state index contributed by atoms with van der Waals surface area (Å²) in [7, 11) is -1.94. The second-order valence-electron chi connectivity index (χ2n) is 7.19. The van der Waals surface area contributed by atoms with Crippen molar-refractivity contribution in [3.05, 3.63) is 71.3 Å². The van der Waals surface area contributed by atoms with E-state index in [0.717, 1.165) is 21.9 Å². The van der Waals surface area contributed by atoms with Gasteiger partial charge in [0.25, 0.3) is 0 Å². The topological polar surface area (TPSA) is 79.6 Å². The van der Waals surface area contributed by atoms with E-state index < -0.39 is 10.0 Å². The minimum atomic E-state index is -3.49. The molecule has 0 bridgehead atoms. The predicted octanol–water partition coefficient (Wildman–Crippen LogP) is 4.15. The largest absolute Gasteiger partial charge is 0.468 e. The molecule has 1 atom stereocenters. The van der Waals surface area contributed by atoms with Crippen molar-refractivity contribution in [3.63, 3.8) is 0 Å². The van der Waals surface area contributed by atoms with Crippen molar-refractivity contribution in [1.29, 1.82) is 5.26 Å². The molecule has 0 aliphatic carbocycles. The van der Waals surface area contributed by atoms with Crippen molar-refractivity contribution >= 4 is 26.5 Å². The average Bonchev–Trinajstić information content (AvgIpc) is 3.16. The Morgan fingerprint density at radius 3 is 2.63 bits per heavy atom. The third kappa shape index (κ3) is 3.60. The van der Waals surface area contributed by atoms with E-state index in [0.29, 0.717) is 23.4 Å². The third-order valence-corrected chi connectivity index (χ3v) is 7.15. The van der Waals surface area contributed by atoms with Gasteiger partial charge in [-0.3, -0.25) is 4.31 Å². The summed E-state index contributed by atoms with van der Waals surface area (Å²) in [5.74, 6) is 0.652. The van der Waals surface area contributed by atoms with Gasteiger partial charge in [0.2, 0.25) is 10.0 Å². The zero-order chi connectivity index (χ0) is 21.3. The molecule has 3 aromatic carbocycles. The van der Waals surface area contributed by atoms with Crippen LogP contribution >= 0.6 is 0 Å². The van der Waals surface area contributed by atoms with E-state index in [1.807, 2.05) is 36.4 Å². The summed E-state index contributed by atoms with van der Waals surface area (Å²) in [5.41, 5.74) is 3.06. The maximum absolute atomic E-state index is 13.0. The average molecular weight is 423 g/mol. The molecule has 1 aliphatic rings. The second-order valence-corrected chi connectivity index (χ2v) is 9.33. The van der Waals surface area contributed by atoms with Crippen LogP contribution in [0.5, 0.6) is 5.75 Å². The van der Waals surface area contributed by atoms with Gasteiger partial charge in [0.05, 0.1) is 29.1 Å². The Morgan fingerprint density at radius 1 is 1.10 bits per heavy atom. The SMILES string of the molecule is CCS(=O)(=O)N1c2ccc(OCOC)cc2C[C@@H]1c1ccc2ccc(C#N)cc2c1. The van der Waals surface area contributed by atoms with E-state index in [-0.39, 0.29) is 18.6 Å². The molecule has 30 heavy (non-hydrogen) atoms. The number of anilines is 1. The van der Waals surface area contributed by atoms with E-state index in [9.17, 15) is 13.7 Å². The van der Waals surface area contributed by atoms with Crippen LogP contribution in [0.25, 0.3) is 10.8 Å². The van der Waals surface area contributed by atoms with Gasteiger partial charge in [-0.15, -0.1) is 0 Å². The molecule has 0 spiro atoms. The zero-order valence-corrected chi connectivity index (χ0v) is 17.6. The molecule has 7 heteroatoms. The molecule has 0 fully saturated rings. The quantitative estimate of drug-likeness (QED) is 0.558. The van der Waals surface area contributed by atoms with Crippen LogP contribution in [-0.4, -0.2) is 28.1 Å². The van der Waals surface area contributed by atoms with Crippen molar-refractivity contribution in [1.82, 2.24) is 0 Å². The van der Waals surface area contributed by atoms with Gasteiger partial charge >= 0.3 is 0 Å². The molecule has 4 rings (SSSR count). The first-order chi connectivity index (χ1) is 14.5. The van der Waals surface area contributed by atoms with Crippen molar-refractivity contribution in [3.8, 4) is 11.8 Å². The summed E-state index contributed by atoms with van der Waals surface area (Å²) in [4.78, 5) is 0. The molecule has 0 N–H and O–H groups in total. The predicted molar refractivity (Wildman–Crippen MR) is 116 cm³/mol. The van der Waals surface area contributed by atoms with Crippen molar-refractivity contribution < 1.29 is 17.9 Å². The van der Waals surface area contributed by atoms with Gasteiger partial charge in [0.1, 0.15) is 5.75 Å². The lowest BCUT2D eigenvalue weighted by molar-refractivity contribution is 0.0511. The van der Waals surface area contributed by atoms with Gasteiger partial charge < -0.3 is 9.47 Å². The lowest BCUT2D eigenvalue weighted by Crippen LogP contribution is -2.33. The molecule has 154 valence electrons. The molecular weight excluding hydrogens is 400 g/mol. The molecule has 0 amide bonds. The molecule has 0 saturated heterocycles. The van der Waals surface area contributed by atoms with E-state index in [1.54, 1.807) is 32.2 Å². The zero-order valence-electron chi connectivity index (χ0n) is 16.8.